The van der Waals surface area contributed by atoms with Crippen molar-refractivity contribution in [3.05, 3.63) is 66.2 Å². The zero-order chi connectivity index (χ0) is 21.8. The average molecular weight is 420 g/mol. The number of anilines is 3. The van der Waals surface area contributed by atoms with E-state index in [0.29, 0.717) is 18.5 Å². The topological polar surface area (TPSA) is 72.9 Å². The average Bonchev–Trinajstić information content (AvgIpc) is 2.79. The molecule has 1 saturated heterocycles. The van der Waals surface area contributed by atoms with Gasteiger partial charge in [0, 0.05) is 43.2 Å². The van der Waals surface area contributed by atoms with Gasteiger partial charge in [-0.25, -0.2) is 0 Å². The highest BCUT2D eigenvalue weighted by molar-refractivity contribution is 5.95. The number of amides is 1. The summed E-state index contributed by atoms with van der Waals surface area (Å²) in [5.74, 6) is -2.33. The van der Waals surface area contributed by atoms with Crippen LogP contribution in [0.15, 0.2) is 60.7 Å². The molecule has 0 aromatic heterocycles. The van der Waals surface area contributed by atoms with Gasteiger partial charge in [-0.05, 0) is 61.7 Å². The summed E-state index contributed by atoms with van der Waals surface area (Å²) in [5, 5.41) is 12.3. The number of aryl methyl sites for hydroxylation is 1. The first kappa shape index (κ1) is 21.0. The Balaban J connectivity index is 1.34. The maximum absolute atomic E-state index is 12.6. The summed E-state index contributed by atoms with van der Waals surface area (Å²) in [6.07, 6.45) is 4.60. The maximum atomic E-state index is 12.6. The number of carbonyl (C=O) groups is 2. The van der Waals surface area contributed by atoms with E-state index < -0.39 is 17.8 Å². The number of hydrogen-bond acceptors (Lipinski definition) is 4. The molecule has 0 spiro atoms. The Morgan fingerprint density at radius 2 is 1.48 bits per heavy atom. The number of allylic oxidation sites excluding steroid dienone is 2. The third kappa shape index (κ3) is 4.90. The van der Waals surface area contributed by atoms with E-state index in [0.717, 1.165) is 31.9 Å². The van der Waals surface area contributed by atoms with Crippen LogP contribution >= 0.6 is 0 Å². The molecule has 31 heavy (non-hydrogen) atoms. The van der Waals surface area contributed by atoms with E-state index in [-0.39, 0.29) is 5.91 Å². The Hall–Kier alpha value is -3.28. The molecule has 4 rings (SSSR count). The van der Waals surface area contributed by atoms with E-state index in [1.54, 1.807) is 0 Å². The maximum Gasteiger partial charge on any atom is 0.307 e. The largest absolute Gasteiger partial charge is 0.481 e. The molecule has 1 fully saturated rings. The highest BCUT2D eigenvalue weighted by Crippen LogP contribution is 2.28. The summed E-state index contributed by atoms with van der Waals surface area (Å²) >= 11 is 0. The molecule has 2 atom stereocenters. The molecule has 1 amide bonds. The molecule has 2 aliphatic rings. The Kier molecular flexibility index (Phi) is 6.26. The van der Waals surface area contributed by atoms with Gasteiger partial charge in [0.2, 0.25) is 5.91 Å². The number of nitrogens with one attached hydrogen (secondary N) is 1. The zero-order valence-corrected chi connectivity index (χ0v) is 17.8. The van der Waals surface area contributed by atoms with Gasteiger partial charge in [-0.3, -0.25) is 9.59 Å². The van der Waals surface area contributed by atoms with E-state index >= 15 is 0 Å². The number of hydrogen-bond donors (Lipinski definition) is 2. The Labute approximate surface area is 183 Å². The molecule has 2 N–H and O–H groups in total. The van der Waals surface area contributed by atoms with Gasteiger partial charge in [0.05, 0.1) is 11.8 Å². The summed E-state index contributed by atoms with van der Waals surface area (Å²) in [5.41, 5.74) is 4.38. The second-order valence-electron chi connectivity index (χ2n) is 8.34. The molecule has 6 heteroatoms. The normalized spacial score (nSPS) is 21.1. The van der Waals surface area contributed by atoms with Crippen molar-refractivity contribution in [1.29, 1.82) is 0 Å². The summed E-state index contributed by atoms with van der Waals surface area (Å²) in [6, 6.07) is 16.4. The summed E-state index contributed by atoms with van der Waals surface area (Å²) < 4.78 is 0. The number of nitrogens with zero attached hydrogens (tertiary/aromatic N) is 2. The predicted molar refractivity (Wildman–Crippen MR) is 124 cm³/mol. The van der Waals surface area contributed by atoms with Gasteiger partial charge in [0.1, 0.15) is 0 Å². The minimum absolute atomic E-state index is 0.226. The van der Waals surface area contributed by atoms with Crippen LogP contribution in [0.3, 0.4) is 0 Å². The number of carboxylic acids is 1. The molecule has 2 aromatic rings. The number of aliphatic carboxylic acids is 1. The summed E-state index contributed by atoms with van der Waals surface area (Å²) in [6.45, 7) is 5.93. The van der Waals surface area contributed by atoms with E-state index in [1.807, 2.05) is 36.4 Å². The lowest BCUT2D eigenvalue weighted by Gasteiger charge is -2.37. The molecule has 1 aliphatic carbocycles. The van der Waals surface area contributed by atoms with Crippen LogP contribution in [-0.4, -0.2) is 43.2 Å². The number of piperazine rings is 1. The lowest BCUT2D eigenvalue weighted by molar-refractivity contribution is -0.146. The van der Waals surface area contributed by atoms with Crippen LogP contribution in [-0.2, 0) is 9.59 Å². The van der Waals surface area contributed by atoms with Crippen LogP contribution in [0.25, 0.3) is 0 Å². The van der Waals surface area contributed by atoms with Crippen LogP contribution in [0.5, 0.6) is 0 Å². The smallest absolute Gasteiger partial charge is 0.307 e. The predicted octanol–water partition coefficient (Wildman–Crippen LogP) is 3.93. The van der Waals surface area contributed by atoms with Gasteiger partial charge in [0.15, 0.2) is 0 Å². The highest BCUT2D eigenvalue weighted by Gasteiger charge is 2.34. The summed E-state index contributed by atoms with van der Waals surface area (Å²) in [7, 11) is 0. The quantitative estimate of drug-likeness (QED) is 0.719. The number of carbonyl (C=O) groups excluding carboxylic acids is 1. The molecular weight excluding hydrogens is 390 g/mol. The van der Waals surface area contributed by atoms with Crippen molar-refractivity contribution in [2.75, 3.05) is 41.3 Å². The highest BCUT2D eigenvalue weighted by atomic mass is 16.4. The molecule has 6 nitrogen and oxygen atoms in total. The number of carboxylic acid groups (broad SMARTS) is 1. The standard InChI is InChI=1S/C25H29N3O3/c1-18-5-4-6-21(17-18)28-15-13-27(14-16-28)20-11-9-19(10-12-20)26-24(29)22-7-2-3-8-23(22)25(30)31/h2-6,9-12,17,22-23H,7-8,13-16H2,1H3,(H,26,29)(H,30,31)/t22-,23-/m1/s1. The second kappa shape index (κ2) is 9.25. The first-order chi connectivity index (χ1) is 15.0. The van der Waals surface area contributed by atoms with E-state index in [4.69, 9.17) is 0 Å². The second-order valence-corrected chi connectivity index (χ2v) is 8.34. The van der Waals surface area contributed by atoms with Gasteiger partial charge in [0.25, 0.3) is 0 Å². The molecule has 0 unspecified atom stereocenters. The van der Waals surface area contributed by atoms with Crippen LogP contribution in [0.1, 0.15) is 18.4 Å². The lowest BCUT2D eigenvalue weighted by Crippen LogP contribution is -2.46. The molecule has 1 heterocycles. The van der Waals surface area contributed by atoms with Crippen molar-refractivity contribution >= 4 is 28.9 Å². The number of rotatable bonds is 5. The number of benzene rings is 2. The van der Waals surface area contributed by atoms with Gasteiger partial charge < -0.3 is 20.2 Å². The Morgan fingerprint density at radius 1 is 0.871 bits per heavy atom. The van der Waals surface area contributed by atoms with Crippen molar-refractivity contribution in [2.24, 2.45) is 11.8 Å². The van der Waals surface area contributed by atoms with Crippen molar-refractivity contribution < 1.29 is 14.7 Å². The minimum Gasteiger partial charge on any atom is -0.481 e. The third-order valence-corrected chi connectivity index (χ3v) is 6.23. The Morgan fingerprint density at radius 3 is 2.10 bits per heavy atom. The fraction of sp³-hybridized carbons (Fsp3) is 0.360. The Bertz CT molecular complexity index is 962. The molecule has 0 bridgehead atoms. The third-order valence-electron chi connectivity index (χ3n) is 6.23. The van der Waals surface area contributed by atoms with Gasteiger partial charge in [-0.15, -0.1) is 0 Å². The van der Waals surface area contributed by atoms with E-state index in [2.05, 4.69) is 46.3 Å². The summed E-state index contributed by atoms with van der Waals surface area (Å²) in [4.78, 5) is 28.9. The molecule has 2 aromatic carbocycles. The fourth-order valence-corrected chi connectivity index (χ4v) is 4.41. The van der Waals surface area contributed by atoms with Crippen molar-refractivity contribution in [2.45, 2.75) is 19.8 Å². The van der Waals surface area contributed by atoms with Crippen LogP contribution in [0.2, 0.25) is 0 Å². The fourth-order valence-electron chi connectivity index (χ4n) is 4.41. The molecule has 0 saturated carbocycles. The SMILES string of the molecule is Cc1cccc(N2CCN(c3ccc(NC(=O)[C@@H]4CC=CC[C@H]4C(=O)O)cc3)CC2)c1. The van der Waals surface area contributed by atoms with Crippen molar-refractivity contribution in [3.63, 3.8) is 0 Å². The van der Waals surface area contributed by atoms with Gasteiger partial charge in [-0.1, -0.05) is 24.3 Å². The molecule has 1 aliphatic heterocycles. The van der Waals surface area contributed by atoms with Crippen molar-refractivity contribution in [3.8, 4) is 0 Å². The molecule has 0 radical (unpaired) electrons. The first-order valence-electron chi connectivity index (χ1n) is 10.9. The van der Waals surface area contributed by atoms with E-state index in [1.165, 1.54) is 11.3 Å². The first-order valence-corrected chi connectivity index (χ1v) is 10.9. The zero-order valence-electron chi connectivity index (χ0n) is 17.8. The molecular formula is C25H29N3O3. The monoisotopic (exact) mass is 419 g/mol. The van der Waals surface area contributed by atoms with Crippen molar-refractivity contribution in [1.82, 2.24) is 0 Å². The van der Waals surface area contributed by atoms with Crippen LogP contribution in [0.4, 0.5) is 17.1 Å². The van der Waals surface area contributed by atoms with Gasteiger partial charge >= 0.3 is 5.97 Å². The van der Waals surface area contributed by atoms with E-state index in [9.17, 15) is 14.7 Å². The van der Waals surface area contributed by atoms with Crippen LogP contribution in [0, 0.1) is 18.8 Å². The molecule has 162 valence electrons. The van der Waals surface area contributed by atoms with Crippen LogP contribution < -0.4 is 15.1 Å². The van der Waals surface area contributed by atoms with Gasteiger partial charge in [-0.2, -0.15) is 0 Å². The minimum atomic E-state index is -0.912. The lowest BCUT2D eigenvalue weighted by atomic mass is 9.82.